The second-order valence-electron chi connectivity index (χ2n) is 5.56. The van der Waals surface area contributed by atoms with Crippen LogP contribution in [0.2, 0.25) is 0 Å². The minimum Gasteiger partial charge on any atom is -0.479 e. The zero-order valence-electron chi connectivity index (χ0n) is 13.3. The number of ether oxygens (including phenoxy) is 3. The molecule has 0 aromatic heterocycles. The van der Waals surface area contributed by atoms with Crippen molar-refractivity contribution in [2.24, 2.45) is 0 Å². The van der Waals surface area contributed by atoms with Gasteiger partial charge in [0.2, 0.25) is 0 Å². The van der Waals surface area contributed by atoms with Gasteiger partial charge in [0.05, 0.1) is 6.61 Å². The Bertz CT molecular complexity index is 673. The fourth-order valence-electron chi connectivity index (χ4n) is 2.67. The third-order valence-electron chi connectivity index (χ3n) is 3.75. The number of alkyl halides is 3. The molecule has 0 spiro atoms. The molecule has 1 heterocycles. The van der Waals surface area contributed by atoms with Gasteiger partial charge < -0.3 is 19.5 Å². The zero-order chi connectivity index (χ0) is 17.7. The van der Waals surface area contributed by atoms with Gasteiger partial charge in [0.25, 0.3) is 0 Å². The van der Waals surface area contributed by atoms with Crippen LogP contribution in [0.25, 0.3) is 0 Å². The molecule has 0 amide bonds. The molecule has 0 bridgehead atoms. The van der Waals surface area contributed by atoms with E-state index in [2.05, 4.69) is 10.1 Å². The summed E-state index contributed by atoms with van der Waals surface area (Å²) in [6.07, 6.45) is -5.67. The van der Waals surface area contributed by atoms with Gasteiger partial charge in [-0.15, -0.1) is 13.2 Å². The van der Waals surface area contributed by atoms with Crippen LogP contribution in [-0.2, 0) is 4.74 Å². The molecule has 0 radical (unpaired) electrons. The quantitative estimate of drug-likeness (QED) is 0.890. The fourth-order valence-corrected chi connectivity index (χ4v) is 2.67. The first-order chi connectivity index (χ1) is 12.0. The summed E-state index contributed by atoms with van der Waals surface area (Å²) in [7, 11) is 0. The molecule has 134 valence electrons. The number of para-hydroxylation sites is 2. The van der Waals surface area contributed by atoms with Crippen molar-refractivity contribution in [1.29, 1.82) is 0 Å². The van der Waals surface area contributed by atoms with Gasteiger partial charge in [-0.1, -0.05) is 42.5 Å². The van der Waals surface area contributed by atoms with Crippen LogP contribution in [0.4, 0.5) is 13.2 Å². The molecule has 4 nitrogen and oxygen atoms in total. The Morgan fingerprint density at radius 3 is 2.32 bits per heavy atom. The summed E-state index contributed by atoms with van der Waals surface area (Å²) in [5.74, 6) is -0.359. The summed E-state index contributed by atoms with van der Waals surface area (Å²) in [4.78, 5) is 0. The zero-order valence-corrected chi connectivity index (χ0v) is 13.3. The van der Waals surface area contributed by atoms with Crippen molar-refractivity contribution in [2.45, 2.75) is 18.6 Å². The molecule has 2 atom stereocenters. The Hall–Kier alpha value is -2.25. The molecule has 25 heavy (non-hydrogen) atoms. The van der Waals surface area contributed by atoms with Gasteiger partial charge in [-0.05, 0) is 17.7 Å². The van der Waals surface area contributed by atoms with Crippen molar-refractivity contribution in [2.75, 3.05) is 19.7 Å². The van der Waals surface area contributed by atoms with Crippen LogP contribution in [0.15, 0.2) is 54.6 Å². The lowest BCUT2D eigenvalue weighted by molar-refractivity contribution is -0.275. The van der Waals surface area contributed by atoms with Crippen LogP contribution < -0.4 is 14.8 Å². The Morgan fingerprint density at radius 2 is 1.68 bits per heavy atom. The van der Waals surface area contributed by atoms with Crippen molar-refractivity contribution in [3.8, 4) is 11.5 Å². The van der Waals surface area contributed by atoms with Crippen LogP contribution in [-0.4, -0.2) is 32.2 Å². The molecular formula is C18H18F3NO3. The average molecular weight is 353 g/mol. The first kappa shape index (κ1) is 17.6. The van der Waals surface area contributed by atoms with E-state index in [9.17, 15) is 13.2 Å². The lowest BCUT2D eigenvalue weighted by atomic mass is 10.0. The number of benzene rings is 2. The maximum Gasteiger partial charge on any atom is 0.573 e. The first-order valence-corrected chi connectivity index (χ1v) is 7.91. The molecule has 2 aromatic rings. The highest BCUT2D eigenvalue weighted by atomic mass is 19.4. The maximum absolute atomic E-state index is 12.6. The largest absolute Gasteiger partial charge is 0.573 e. The third-order valence-corrected chi connectivity index (χ3v) is 3.75. The molecule has 1 aliphatic rings. The highest BCUT2D eigenvalue weighted by Gasteiger charge is 2.34. The van der Waals surface area contributed by atoms with Gasteiger partial charge in [-0.3, -0.25) is 0 Å². The fraction of sp³-hybridized carbons (Fsp3) is 0.333. The van der Waals surface area contributed by atoms with Crippen molar-refractivity contribution in [1.82, 2.24) is 5.32 Å². The summed E-state index contributed by atoms with van der Waals surface area (Å²) in [5, 5.41) is 3.21. The van der Waals surface area contributed by atoms with E-state index < -0.39 is 12.5 Å². The SMILES string of the molecule is FC(F)(F)Oc1ccccc1O[C@@H](c1ccccc1)C1CNCCO1. The highest BCUT2D eigenvalue weighted by molar-refractivity contribution is 5.40. The van der Waals surface area contributed by atoms with E-state index in [1.807, 2.05) is 30.3 Å². The molecule has 0 saturated carbocycles. The van der Waals surface area contributed by atoms with Crippen molar-refractivity contribution >= 4 is 0 Å². The van der Waals surface area contributed by atoms with Gasteiger partial charge in [0, 0.05) is 13.1 Å². The van der Waals surface area contributed by atoms with Gasteiger partial charge in [-0.25, -0.2) is 0 Å². The minimum absolute atomic E-state index is 0.0165. The van der Waals surface area contributed by atoms with Crippen molar-refractivity contribution < 1.29 is 27.4 Å². The summed E-state index contributed by atoms with van der Waals surface area (Å²) >= 11 is 0. The standard InChI is InChI=1S/C18H18F3NO3/c19-18(20,21)25-15-9-5-4-8-14(15)24-17(13-6-2-1-3-7-13)16-12-22-10-11-23-16/h1-9,16-17,22H,10-12H2/t16?,17-/m0/s1. The number of nitrogens with one attached hydrogen (secondary N) is 1. The van der Waals surface area contributed by atoms with Gasteiger partial charge in [-0.2, -0.15) is 0 Å². The molecule has 3 rings (SSSR count). The third kappa shape index (κ3) is 4.87. The summed E-state index contributed by atoms with van der Waals surface area (Å²) in [6, 6.07) is 15.0. The Balaban J connectivity index is 1.88. The monoisotopic (exact) mass is 353 g/mol. The molecule has 2 aromatic carbocycles. The molecular weight excluding hydrogens is 335 g/mol. The molecule has 0 aliphatic carbocycles. The van der Waals surface area contributed by atoms with E-state index in [-0.39, 0.29) is 17.6 Å². The van der Waals surface area contributed by atoms with Crippen molar-refractivity contribution in [3.63, 3.8) is 0 Å². The molecule has 1 N–H and O–H groups in total. The predicted molar refractivity (Wildman–Crippen MR) is 85.5 cm³/mol. The van der Waals surface area contributed by atoms with Crippen molar-refractivity contribution in [3.05, 3.63) is 60.2 Å². The van der Waals surface area contributed by atoms with E-state index >= 15 is 0 Å². The number of hydrogen-bond donors (Lipinski definition) is 1. The van der Waals surface area contributed by atoms with E-state index in [0.717, 1.165) is 12.1 Å². The van der Waals surface area contributed by atoms with E-state index in [0.29, 0.717) is 13.2 Å². The average Bonchev–Trinajstić information content (AvgIpc) is 2.61. The Kier molecular flexibility index (Phi) is 5.45. The summed E-state index contributed by atoms with van der Waals surface area (Å²) < 4.78 is 53.6. The molecule has 1 fully saturated rings. The van der Waals surface area contributed by atoms with Crippen LogP contribution in [0, 0.1) is 0 Å². The van der Waals surface area contributed by atoms with Crippen LogP contribution in [0.1, 0.15) is 11.7 Å². The number of morpholine rings is 1. The van der Waals surface area contributed by atoms with E-state index in [1.165, 1.54) is 18.2 Å². The second-order valence-corrected chi connectivity index (χ2v) is 5.56. The molecule has 7 heteroatoms. The smallest absolute Gasteiger partial charge is 0.479 e. The number of rotatable bonds is 5. The highest BCUT2D eigenvalue weighted by Crippen LogP contribution is 2.36. The molecule has 1 aliphatic heterocycles. The first-order valence-electron chi connectivity index (χ1n) is 7.91. The van der Waals surface area contributed by atoms with Gasteiger partial charge in [0.1, 0.15) is 6.10 Å². The normalized spacial score (nSPS) is 19.2. The Labute approximate surface area is 143 Å². The predicted octanol–water partition coefficient (Wildman–Crippen LogP) is 3.69. The second kappa shape index (κ2) is 7.76. The van der Waals surface area contributed by atoms with Crippen LogP contribution >= 0.6 is 0 Å². The Morgan fingerprint density at radius 1 is 1.00 bits per heavy atom. The number of halogens is 3. The van der Waals surface area contributed by atoms with Gasteiger partial charge >= 0.3 is 6.36 Å². The number of hydrogen-bond acceptors (Lipinski definition) is 4. The maximum atomic E-state index is 12.6. The molecule has 1 saturated heterocycles. The lowest BCUT2D eigenvalue weighted by Crippen LogP contribution is -2.43. The lowest BCUT2D eigenvalue weighted by Gasteiger charge is -2.32. The van der Waals surface area contributed by atoms with Crippen LogP contribution in [0.3, 0.4) is 0 Å². The molecule has 1 unspecified atom stereocenters. The summed E-state index contributed by atoms with van der Waals surface area (Å²) in [6.45, 7) is 1.78. The minimum atomic E-state index is -4.79. The van der Waals surface area contributed by atoms with E-state index in [4.69, 9.17) is 9.47 Å². The topological polar surface area (TPSA) is 39.7 Å². The summed E-state index contributed by atoms with van der Waals surface area (Å²) in [5.41, 5.74) is 0.818. The van der Waals surface area contributed by atoms with E-state index in [1.54, 1.807) is 6.07 Å². The van der Waals surface area contributed by atoms with Crippen LogP contribution in [0.5, 0.6) is 11.5 Å². The van der Waals surface area contributed by atoms with Gasteiger partial charge in [0.15, 0.2) is 17.6 Å².